The summed E-state index contributed by atoms with van der Waals surface area (Å²) in [5, 5.41) is 3.44. The number of amides is 1. The van der Waals surface area contributed by atoms with Gasteiger partial charge in [0.15, 0.2) is 0 Å². The lowest BCUT2D eigenvalue weighted by atomic mass is 10.1. The Morgan fingerprint density at radius 3 is 2.65 bits per heavy atom. The summed E-state index contributed by atoms with van der Waals surface area (Å²) in [4.78, 5) is 16.7. The van der Waals surface area contributed by atoms with Crippen LogP contribution in [0.25, 0.3) is 0 Å². The van der Waals surface area contributed by atoms with Gasteiger partial charge in [0, 0.05) is 13.1 Å². The number of hydrogen-bond donors (Lipinski definition) is 1. The van der Waals surface area contributed by atoms with Crippen molar-refractivity contribution < 1.29 is 4.79 Å². The molecule has 1 amide bonds. The molecule has 3 atom stereocenters. The summed E-state index contributed by atoms with van der Waals surface area (Å²) >= 11 is 0. The normalized spacial score (nSPS) is 34.9. The lowest BCUT2D eigenvalue weighted by Crippen LogP contribution is -2.40. The Morgan fingerprint density at radius 2 is 2.12 bits per heavy atom. The maximum absolute atomic E-state index is 12.2. The summed E-state index contributed by atoms with van der Waals surface area (Å²) in [7, 11) is 2.16. The maximum Gasteiger partial charge on any atom is 0.241 e. The molecule has 17 heavy (non-hydrogen) atoms. The molecule has 4 heteroatoms. The molecule has 2 rings (SSSR count). The number of hydrogen-bond acceptors (Lipinski definition) is 3. The van der Waals surface area contributed by atoms with E-state index in [0.29, 0.717) is 11.8 Å². The van der Waals surface area contributed by atoms with E-state index in [0.717, 1.165) is 25.9 Å². The molecule has 0 aromatic heterocycles. The van der Waals surface area contributed by atoms with Gasteiger partial charge in [0.25, 0.3) is 0 Å². The van der Waals surface area contributed by atoms with Crippen LogP contribution in [0.2, 0.25) is 0 Å². The quantitative estimate of drug-likeness (QED) is 0.791. The third kappa shape index (κ3) is 2.63. The Balaban J connectivity index is 1.96. The molecule has 2 aliphatic rings. The molecule has 0 aliphatic carbocycles. The van der Waals surface area contributed by atoms with Crippen LogP contribution in [0.5, 0.6) is 0 Å². The largest absolute Gasteiger partial charge is 0.325 e. The van der Waals surface area contributed by atoms with E-state index in [1.807, 2.05) is 0 Å². The van der Waals surface area contributed by atoms with E-state index in [-0.39, 0.29) is 12.2 Å². The van der Waals surface area contributed by atoms with E-state index in [1.54, 1.807) is 0 Å². The third-order valence-corrected chi connectivity index (χ3v) is 4.09. The molecule has 2 heterocycles. The van der Waals surface area contributed by atoms with Crippen LogP contribution >= 0.6 is 0 Å². The highest BCUT2D eigenvalue weighted by molar-refractivity contribution is 5.84. The molecule has 3 unspecified atom stereocenters. The highest BCUT2D eigenvalue weighted by Gasteiger charge is 2.38. The molecule has 0 bridgehead atoms. The smallest absolute Gasteiger partial charge is 0.241 e. The second-order valence-corrected chi connectivity index (χ2v) is 5.46. The molecule has 0 aromatic rings. The Hall–Kier alpha value is -0.610. The van der Waals surface area contributed by atoms with E-state index in [2.05, 4.69) is 36.0 Å². The molecule has 2 saturated heterocycles. The van der Waals surface area contributed by atoms with Crippen molar-refractivity contribution in [2.45, 2.75) is 45.3 Å². The van der Waals surface area contributed by atoms with Crippen molar-refractivity contribution in [1.29, 1.82) is 0 Å². The van der Waals surface area contributed by atoms with Crippen LogP contribution in [-0.2, 0) is 4.79 Å². The van der Waals surface area contributed by atoms with E-state index in [9.17, 15) is 4.79 Å². The first kappa shape index (κ1) is 12.8. The molecule has 0 radical (unpaired) electrons. The molecule has 2 fully saturated rings. The van der Waals surface area contributed by atoms with Crippen LogP contribution in [-0.4, -0.2) is 54.6 Å². The zero-order valence-corrected chi connectivity index (χ0v) is 11.3. The van der Waals surface area contributed by atoms with Crippen molar-refractivity contribution in [1.82, 2.24) is 15.1 Å². The Morgan fingerprint density at radius 1 is 1.35 bits per heavy atom. The number of rotatable bonds is 4. The predicted octanol–water partition coefficient (Wildman–Crippen LogP) is 0.885. The van der Waals surface area contributed by atoms with Crippen molar-refractivity contribution in [3.63, 3.8) is 0 Å². The van der Waals surface area contributed by atoms with Crippen molar-refractivity contribution in [2.24, 2.45) is 5.92 Å². The molecule has 2 aliphatic heterocycles. The van der Waals surface area contributed by atoms with Gasteiger partial charge < -0.3 is 9.80 Å². The van der Waals surface area contributed by atoms with Gasteiger partial charge in [-0.1, -0.05) is 13.8 Å². The molecule has 4 nitrogen and oxygen atoms in total. The first-order valence-corrected chi connectivity index (χ1v) is 6.90. The van der Waals surface area contributed by atoms with Crippen LogP contribution in [0, 0.1) is 5.92 Å². The van der Waals surface area contributed by atoms with Gasteiger partial charge in [0.2, 0.25) is 5.91 Å². The van der Waals surface area contributed by atoms with Gasteiger partial charge in [-0.05, 0) is 38.8 Å². The molecule has 1 N–H and O–H groups in total. The van der Waals surface area contributed by atoms with Crippen molar-refractivity contribution >= 4 is 5.91 Å². The average Bonchev–Trinajstić information content (AvgIpc) is 2.85. The fraction of sp³-hybridized carbons (Fsp3) is 0.923. The first-order valence-electron chi connectivity index (χ1n) is 6.90. The summed E-state index contributed by atoms with van der Waals surface area (Å²) < 4.78 is 0. The van der Waals surface area contributed by atoms with Crippen LogP contribution in [0.4, 0.5) is 0 Å². The second-order valence-electron chi connectivity index (χ2n) is 5.46. The average molecular weight is 239 g/mol. The molecule has 98 valence electrons. The van der Waals surface area contributed by atoms with Gasteiger partial charge in [0.05, 0.1) is 12.2 Å². The minimum atomic E-state index is 0.0547. The van der Waals surface area contributed by atoms with Gasteiger partial charge in [-0.25, -0.2) is 0 Å². The summed E-state index contributed by atoms with van der Waals surface area (Å²) in [6.07, 6.45) is 3.40. The first-order chi connectivity index (χ1) is 8.15. The summed E-state index contributed by atoms with van der Waals surface area (Å²) in [5.41, 5.74) is 0. The van der Waals surface area contributed by atoms with E-state index >= 15 is 0 Å². The third-order valence-electron chi connectivity index (χ3n) is 4.09. The fourth-order valence-corrected chi connectivity index (χ4v) is 3.05. The number of nitrogens with one attached hydrogen (secondary N) is 1. The van der Waals surface area contributed by atoms with Gasteiger partial charge in [-0.2, -0.15) is 0 Å². The SMILES string of the molecule is CCC1NC(CC)N(CC2CCN(C)C2)C1=O. The molecule has 0 spiro atoms. The highest BCUT2D eigenvalue weighted by Crippen LogP contribution is 2.21. The molecular formula is C13H25N3O. The molecular weight excluding hydrogens is 214 g/mol. The van der Waals surface area contributed by atoms with Gasteiger partial charge in [-0.3, -0.25) is 10.1 Å². The lowest BCUT2D eigenvalue weighted by molar-refractivity contribution is -0.130. The minimum Gasteiger partial charge on any atom is -0.325 e. The minimum absolute atomic E-state index is 0.0547. The van der Waals surface area contributed by atoms with Gasteiger partial charge >= 0.3 is 0 Å². The van der Waals surface area contributed by atoms with Crippen LogP contribution < -0.4 is 5.32 Å². The number of nitrogens with zero attached hydrogens (tertiary/aromatic N) is 2. The topological polar surface area (TPSA) is 35.6 Å². The monoisotopic (exact) mass is 239 g/mol. The van der Waals surface area contributed by atoms with E-state index < -0.39 is 0 Å². The number of carbonyl (C=O) groups excluding carboxylic acids is 1. The fourth-order valence-electron chi connectivity index (χ4n) is 3.05. The lowest BCUT2D eigenvalue weighted by Gasteiger charge is -2.26. The summed E-state index contributed by atoms with van der Waals surface area (Å²) in [6, 6.07) is 0.0547. The van der Waals surface area contributed by atoms with Crippen molar-refractivity contribution in [3.05, 3.63) is 0 Å². The van der Waals surface area contributed by atoms with Crippen LogP contribution in [0.1, 0.15) is 33.1 Å². The Bertz CT molecular complexity index is 282. The van der Waals surface area contributed by atoms with Crippen molar-refractivity contribution in [3.8, 4) is 0 Å². The standard InChI is InChI=1S/C13H25N3O/c1-4-11-13(17)16(12(5-2)14-11)9-10-6-7-15(3)8-10/h10-12,14H,4-9H2,1-3H3. The van der Waals surface area contributed by atoms with E-state index in [1.165, 1.54) is 13.0 Å². The number of likely N-dealkylation sites (tertiary alicyclic amines) is 1. The molecule has 0 saturated carbocycles. The summed E-state index contributed by atoms with van der Waals surface area (Å²) in [5.74, 6) is 0.976. The molecule has 0 aromatic carbocycles. The Kier molecular flexibility index (Phi) is 4.05. The van der Waals surface area contributed by atoms with Crippen molar-refractivity contribution in [2.75, 3.05) is 26.7 Å². The maximum atomic E-state index is 12.2. The van der Waals surface area contributed by atoms with E-state index in [4.69, 9.17) is 0 Å². The van der Waals surface area contributed by atoms with Crippen LogP contribution in [0.15, 0.2) is 0 Å². The second kappa shape index (κ2) is 5.36. The predicted molar refractivity (Wildman–Crippen MR) is 68.6 cm³/mol. The van der Waals surface area contributed by atoms with Gasteiger partial charge in [-0.15, -0.1) is 0 Å². The number of carbonyl (C=O) groups is 1. The Labute approximate surface area is 104 Å². The zero-order valence-electron chi connectivity index (χ0n) is 11.3. The van der Waals surface area contributed by atoms with Gasteiger partial charge in [0.1, 0.15) is 0 Å². The highest BCUT2D eigenvalue weighted by atomic mass is 16.2. The van der Waals surface area contributed by atoms with Crippen LogP contribution in [0.3, 0.4) is 0 Å². The summed E-state index contributed by atoms with van der Waals surface area (Å²) in [6.45, 7) is 7.47. The zero-order chi connectivity index (χ0) is 12.4.